The van der Waals surface area contributed by atoms with Crippen LogP contribution in [0.25, 0.3) is 0 Å². The second-order valence-electron chi connectivity index (χ2n) is 4.03. The van der Waals surface area contributed by atoms with Gasteiger partial charge in [0.25, 0.3) is 0 Å². The van der Waals surface area contributed by atoms with E-state index in [1.165, 1.54) is 58.0 Å². The lowest BCUT2D eigenvalue weighted by Gasteiger charge is -2.30. The first-order chi connectivity index (χ1) is 6.47. The number of hydrogen-bond acceptors (Lipinski definition) is 1. The summed E-state index contributed by atoms with van der Waals surface area (Å²) in [6.45, 7) is 6.79. The predicted molar refractivity (Wildman–Crippen MR) is 59.0 cm³/mol. The Hall–Kier alpha value is -0.0400. The van der Waals surface area contributed by atoms with Gasteiger partial charge >= 0.3 is 0 Å². The van der Waals surface area contributed by atoms with Crippen molar-refractivity contribution in [1.29, 1.82) is 0 Å². The first kappa shape index (κ1) is 11.0. The summed E-state index contributed by atoms with van der Waals surface area (Å²) < 4.78 is 0. The standard InChI is InChI=1S/C10H19N.C2H6/c1-2-6-10(7-3-1)11-8-4-5-9-11;1-2/h10H,1-9H2;1-2H3. The summed E-state index contributed by atoms with van der Waals surface area (Å²) in [6, 6.07) is 0.978. The van der Waals surface area contributed by atoms with Crippen molar-refractivity contribution in [2.45, 2.75) is 64.8 Å². The van der Waals surface area contributed by atoms with Crippen LogP contribution in [-0.2, 0) is 0 Å². The van der Waals surface area contributed by atoms with Crippen molar-refractivity contribution in [3.05, 3.63) is 0 Å². The Morgan fingerprint density at radius 2 is 1.31 bits per heavy atom. The van der Waals surface area contributed by atoms with Crippen LogP contribution in [0, 0.1) is 0 Å². The summed E-state index contributed by atoms with van der Waals surface area (Å²) >= 11 is 0. The largest absolute Gasteiger partial charge is 0.300 e. The van der Waals surface area contributed by atoms with Gasteiger partial charge in [0.1, 0.15) is 0 Å². The molecule has 0 amide bonds. The van der Waals surface area contributed by atoms with Crippen molar-refractivity contribution in [1.82, 2.24) is 4.90 Å². The van der Waals surface area contributed by atoms with E-state index in [9.17, 15) is 0 Å². The highest BCUT2D eigenvalue weighted by atomic mass is 15.2. The minimum Gasteiger partial charge on any atom is -0.300 e. The first-order valence-electron chi connectivity index (χ1n) is 6.21. The molecule has 0 N–H and O–H groups in total. The van der Waals surface area contributed by atoms with Crippen LogP contribution < -0.4 is 0 Å². The molecular formula is C12H25N. The number of likely N-dealkylation sites (tertiary alicyclic amines) is 1. The number of hydrogen-bond donors (Lipinski definition) is 0. The highest BCUT2D eigenvalue weighted by Gasteiger charge is 2.22. The monoisotopic (exact) mass is 183 g/mol. The van der Waals surface area contributed by atoms with Gasteiger partial charge in [0, 0.05) is 6.04 Å². The Morgan fingerprint density at radius 3 is 1.85 bits per heavy atom. The smallest absolute Gasteiger partial charge is 0.00952 e. The van der Waals surface area contributed by atoms with Gasteiger partial charge in [0.2, 0.25) is 0 Å². The lowest BCUT2D eigenvalue weighted by atomic mass is 9.94. The molecule has 0 aromatic rings. The quantitative estimate of drug-likeness (QED) is 0.602. The molecule has 0 radical (unpaired) electrons. The van der Waals surface area contributed by atoms with E-state index in [2.05, 4.69) is 4.90 Å². The molecule has 1 saturated heterocycles. The Kier molecular flexibility index (Phi) is 5.45. The summed E-state index contributed by atoms with van der Waals surface area (Å²) in [7, 11) is 0. The second-order valence-corrected chi connectivity index (χ2v) is 4.03. The molecule has 2 fully saturated rings. The summed E-state index contributed by atoms with van der Waals surface area (Å²) in [6.07, 6.45) is 10.3. The molecule has 13 heavy (non-hydrogen) atoms. The molecule has 0 atom stereocenters. The van der Waals surface area contributed by atoms with Crippen LogP contribution in [-0.4, -0.2) is 24.0 Å². The third-order valence-corrected chi connectivity index (χ3v) is 3.23. The molecular weight excluding hydrogens is 158 g/mol. The number of nitrogens with zero attached hydrogens (tertiary/aromatic N) is 1. The van der Waals surface area contributed by atoms with Gasteiger partial charge in [-0.1, -0.05) is 33.1 Å². The van der Waals surface area contributed by atoms with Gasteiger partial charge in [-0.15, -0.1) is 0 Å². The maximum absolute atomic E-state index is 2.72. The molecule has 0 unspecified atom stereocenters. The van der Waals surface area contributed by atoms with Gasteiger partial charge in [-0.05, 0) is 38.8 Å². The number of rotatable bonds is 1. The highest BCUT2D eigenvalue weighted by molar-refractivity contribution is 4.78. The molecule has 0 spiro atoms. The third-order valence-electron chi connectivity index (χ3n) is 3.23. The van der Waals surface area contributed by atoms with Gasteiger partial charge < -0.3 is 4.90 Å². The topological polar surface area (TPSA) is 3.24 Å². The van der Waals surface area contributed by atoms with Gasteiger partial charge in [-0.2, -0.15) is 0 Å². The molecule has 2 rings (SSSR count). The van der Waals surface area contributed by atoms with E-state index >= 15 is 0 Å². The van der Waals surface area contributed by atoms with Crippen molar-refractivity contribution >= 4 is 0 Å². The predicted octanol–water partition coefficient (Wildman–Crippen LogP) is 3.44. The molecule has 1 nitrogen and oxygen atoms in total. The zero-order valence-corrected chi connectivity index (χ0v) is 9.39. The summed E-state index contributed by atoms with van der Waals surface area (Å²) in [5.74, 6) is 0. The SMILES string of the molecule is C1CCC(N2CCCC2)CC1.CC. The van der Waals surface area contributed by atoms with Crippen LogP contribution in [0.2, 0.25) is 0 Å². The van der Waals surface area contributed by atoms with Gasteiger partial charge in [-0.25, -0.2) is 0 Å². The second kappa shape index (κ2) is 6.42. The fourth-order valence-electron chi connectivity index (χ4n) is 2.55. The maximum Gasteiger partial charge on any atom is 0.00952 e. The van der Waals surface area contributed by atoms with E-state index in [0.717, 1.165) is 6.04 Å². The van der Waals surface area contributed by atoms with Crippen LogP contribution in [0.3, 0.4) is 0 Å². The average molecular weight is 183 g/mol. The third kappa shape index (κ3) is 3.30. The Bertz CT molecular complexity index is 110. The Morgan fingerprint density at radius 1 is 0.769 bits per heavy atom. The Labute approximate surface area is 83.5 Å². The fourth-order valence-corrected chi connectivity index (χ4v) is 2.55. The zero-order chi connectivity index (χ0) is 9.52. The molecule has 78 valence electrons. The molecule has 2 aliphatic rings. The molecule has 1 heterocycles. The minimum atomic E-state index is 0.978. The van der Waals surface area contributed by atoms with Crippen LogP contribution in [0.4, 0.5) is 0 Å². The van der Waals surface area contributed by atoms with Crippen LogP contribution in [0.5, 0.6) is 0 Å². The molecule has 0 aromatic heterocycles. The van der Waals surface area contributed by atoms with E-state index in [1.807, 2.05) is 13.8 Å². The van der Waals surface area contributed by atoms with E-state index < -0.39 is 0 Å². The molecule has 1 aliphatic heterocycles. The average Bonchev–Trinajstić information content (AvgIpc) is 2.75. The first-order valence-corrected chi connectivity index (χ1v) is 6.21. The van der Waals surface area contributed by atoms with Crippen molar-refractivity contribution in [2.24, 2.45) is 0 Å². The van der Waals surface area contributed by atoms with Crippen molar-refractivity contribution < 1.29 is 0 Å². The lowest BCUT2D eigenvalue weighted by Crippen LogP contribution is -2.34. The van der Waals surface area contributed by atoms with Crippen LogP contribution in [0.1, 0.15) is 58.8 Å². The molecule has 1 heteroatoms. The zero-order valence-electron chi connectivity index (χ0n) is 9.39. The normalized spacial score (nSPS) is 25.4. The summed E-state index contributed by atoms with van der Waals surface area (Å²) in [5, 5.41) is 0. The van der Waals surface area contributed by atoms with Crippen molar-refractivity contribution in [3.8, 4) is 0 Å². The summed E-state index contributed by atoms with van der Waals surface area (Å²) in [4.78, 5) is 2.72. The van der Waals surface area contributed by atoms with Gasteiger partial charge in [0.05, 0.1) is 0 Å². The highest BCUT2D eigenvalue weighted by Crippen LogP contribution is 2.25. The maximum atomic E-state index is 2.72. The molecule has 1 aliphatic carbocycles. The van der Waals surface area contributed by atoms with Crippen LogP contribution >= 0.6 is 0 Å². The van der Waals surface area contributed by atoms with E-state index in [-0.39, 0.29) is 0 Å². The fraction of sp³-hybridized carbons (Fsp3) is 1.00. The summed E-state index contributed by atoms with van der Waals surface area (Å²) in [5.41, 5.74) is 0. The Balaban J connectivity index is 0.000000396. The minimum absolute atomic E-state index is 0.978. The molecule has 1 saturated carbocycles. The van der Waals surface area contributed by atoms with Gasteiger partial charge in [-0.3, -0.25) is 0 Å². The van der Waals surface area contributed by atoms with E-state index in [0.29, 0.717) is 0 Å². The lowest BCUT2D eigenvalue weighted by molar-refractivity contribution is 0.191. The van der Waals surface area contributed by atoms with E-state index in [4.69, 9.17) is 0 Å². The molecule has 0 aromatic carbocycles. The van der Waals surface area contributed by atoms with E-state index in [1.54, 1.807) is 0 Å². The van der Waals surface area contributed by atoms with Crippen molar-refractivity contribution in [2.75, 3.05) is 13.1 Å². The molecule has 0 bridgehead atoms. The van der Waals surface area contributed by atoms with Crippen molar-refractivity contribution in [3.63, 3.8) is 0 Å². The van der Waals surface area contributed by atoms with Crippen LogP contribution in [0.15, 0.2) is 0 Å². The van der Waals surface area contributed by atoms with Gasteiger partial charge in [0.15, 0.2) is 0 Å².